The van der Waals surface area contributed by atoms with Crippen molar-refractivity contribution >= 4 is 0 Å². The average Bonchev–Trinajstić information content (AvgIpc) is 2.29. The van der Waals surface area contributed by atoms with E-state index in [4.69, 9.17) is 4.74 Å². The van der Waals surface area contributed by atoms with Gasteiger partial charge < -0.3 is 10.1 Å². The molecule has 1 saturated carbocycles. The zero-order chi connectivity index (χ0) is 13.8. The zero-order valence-electron chi connectivity index (χ0n) is 12.9. The van der Waals surface area contributed by atoms with Crippen molar-refractivity contribution in [1.82, 2.24) is 5.32 Å². The highest BCUT2D eigenvalue weighted by atomic mass is 16.5. The van der Waals surface area contributed by atoms with E-state index in [9.17, 15) is 0 Å². The highest BCUT2D eigenvalue weighted by molar-refractivity contribution is 5.13. The van der Waals surface area contributed by atoms with Crippen LogP contribution in [-0.2, 0) is 4.74 Å². The molecule has 0 bridgehead atoms. The Morgan fingerprint density at radius 3 is 2.17 bits per heavy atom. The third-order valence-corrected chi connectivity index (χ3v) is 4.31. The summed E-state index contributed by atoms with van der Waals surface area (Å²) in [6.07, 6.45) is 4.75. The van der Waals surface area contributed by atoms with Gasteiger partial charge in [-0.1, -0.05) is 32.9 Å². The lowest BCUT2D eigenvalue weighted by Gasteiger charge is -2.48. The van der Waals surface area contributed by atoms with E-state index in [1.165, 1.54) is 18.4 Å². The van der Waals surface area contributed by atoms with E-state index in [0.717, 1.165) is 26.0 Å². The molecule has 1 rings (SSSR count). The molecule has 0 amide bonds. The van der Waals surface area contributed by atoms with Gasteiger partial charge in [-0.3, -0.25) is 0 Å². The first-order valence-corrected chi connectivity index (χ1v) is 7.39. The standard InChI is InChI=1S/C16H31NO/c1-7-17-14(13(3)4)16(18-8-2)11-9-15(5,6)10-12-16/h14,17H,3,7-12H2,1-2,4-6H3. The Kier molecular flexibility index (Phi) is 5.42. The van der Waals surface area contributed by atoms with Crippen LogP contribution in [0.5, 0.6) is 0 Å². The van der Waals surface area contributed by atoms with Crippen molar-refractivity contribution in [3.05, 3.63) is 12.2 Å². The van der Waals surface area contributed by atoms with Gasteiger partial charge in [-0.05, 0) is 51.5 Å². The van der Waals surface area contributed by atoms with E-state index in [1.807, 2.05) is 0 Å². The van der Waals surface area contributed by atoms with Crippen LogP contribution >= 0.6 is 0 Å². The van der Waals surface area contributed by atoms with E-state index >= 15 is 0 Å². The summed E-state index contributed by atoms with van der Waals surface area (Å²) in [6, 6.07) is 0.290. The molecule has 0 aliphatic heterocycles. The number of rotatable bonds is 6. The quantitative estimate of drug-likeness (QED) is 0.725. The fraction of sp³-hybridized carbons (Fsp3) is 0.875. The minimum Gasteiger partial charge on any atom is -0.373 e. The molecule has 1 N–H and O–H groups in total. The fourth-order valence-corrected chi connectivity index (χ4v) is 3.17. The maximum atomic E-state index is 6.22. The van der Waals surface area contributed by atoms with Crippen molar-refractivity contribution < 1.29 is 4.74 Å². The molecule has 18 heavy (non-hydrogen) atoms. The van der Waals surface area contributed by atoms with Gasteiger partial charge in [-0.25, -0.2) is 0 Å². The molecule has 0 spiro atoms. The molecule has 1 atom stereocenters. The van der Waals surface area contributed by atoms with Crippen molar-refractivity contribution in [2.75, 3.05) is 13.2 Å². The van der Waals surface area contributed by atoms with Gasteiger partial charge in [0.05, 0.1) is 11.6 Å². The smallest absolute Gasteiger partial charge is 0.0873 e. The van der Waals surface area contributed by atoms with Crippen LogP contribution in [0.15, 0.2) is 12.2 Å². The molecule has 0 aromatic rings. The van der Waals surface area contributed by atoms with Crippen LogP contribution in [0.1, 0.15) is 60.3 Å². The van der Waals surface area contributed by atoms with Gasteiger partial charge in [0, 0.05) is 6.61 Å². The number of hydrogen-bond donors (Lipinski definition) is 1. The summed E-state index contributed by atoms with van der Waals surface area (Å²) in [6.45, 7) is 17.0. The van der Waals surface area contributed by atoms with E-state index < -0.39 is 0 Å². The Labute approximate surface area is 113 Å². The minimum absolute atomic E-state index is 0.0356. The van der Waals surface area contributed by atoms with Crippen molar-refractivity contribution in [2.24, 2.45) is 5.41 Å². The first-order chi connectivity index (χ1) is 8.37. The van der Waals surface area contributed by atoms with Crippen LogP contribution in [0.2, 0.25) is 0 Å². The molecular weight excluding hydrogens is 222 g/mol. The van der Waals surface area contributed by atoms with Crippen molar-refractivity contribution in [1.29, 1.82) is 0 Å². The fourth-order valence-electron chi connectivity index (χ4n) is 3.17. The first-order valence-electron chi connectivity index (χ1n) is 7.39. The summed E-state index contributed by atoms with van der Waals surface area (Å²) in [5.41, 5.74) is 1.63. The van der Waals surface area contributed by atoms with Gasteiger partial charge in [0.2, 0.25) is 0 Å². The number of nitrogens with one attached hydrogen (secondary N) is 1. The van der Waals surface area contributed by atoms with Crippen molar-refractivity contribution in [3.63, 3.8) is 0 Å². The molecule has 1 aliphatic rings. The normalized spacial score (nSPS) is 23.6. The topological polar surface area (TPSA) is 21.3 Å². The third kappa shape index (κ3) is 3.58. The van der Waals surface area contributed by atoms with Gasteiger partial charge in [0.1, 0.15) is 0 Å². The second-order valence-electron chi connectivity index (χ2n) is 6.50. The summed E-state index contributed by atoms with van der Waals surface area (Å²) in [7, 11) is 0. The molecule has 106 valence electrons. The molecule has 0 aromatic heterocycles. The second kappa shape index (κ2) is 6.21. The van der Waals surface area contributed by atoms with Crippen LogP contribution in [-0.4, -0.2) is 24.8 Å². The molecule has 0 aromatic carbocycles. The zero-order valence-corrected chi connectivity index (χ0v) is 12.9. The Bertz CT molecular complexity index is 273. The summed E-state index contributed by atoms with van der Waals surface area (Å²) < 4.78 is 6.22. The van der Waals surface area contributed by atoms with E-state index in [2.05, 4.69) is 46.5 Å². The highest BCUT2D eigenvalue weighted by Gasteiger charge is 2.44. The maximum Gasteiger partial charge on any atom is 0.0873 e. The maximum absolute atomic E-state index is 6.22. The average molecular weight is 253 g/mol. The molecule has 1 unspecified atom stereocenters. The summed E-state index contributed by atoms with van der Waals surface area (Å²) in [5, 5.41) is 3.58. The SMILES string of the molecule is C=C(C)C(NCC)C1(OCC)CCC(C)(C)CC1. The molecular formula is C16H31NO. The number of hydrogen-bond acceptors (Lipinski definition) is 2. The van der Waals surface area contributed by atoms with Crippen LogP contribution in [0, 0.1) is 5.41 Å². The second-order valence-corrected chi connectivity index (χ2v) is 6.50. The van der Waals surface area contributed by atoms with E-state index in [-0.39, 0.29) is 5.60 Å². The Balaban J connectivity index is 2.89. The Morgan fingerprint density at radius 1 is 1.22 bits per heavy atom. The third-order valence-electron chi connectivity index (χ3n) is 4.31. The lowest BCUT2D eigenvalue weighted by molar-refractivity contribution is -0.0984. The monoisotopic (exact) mass is 253 g/mol. The molecule has 2 heteroatoms. The highest BCUT2D eigenvalue weighted by Crippen LogP contribution is 2.44. The van der Waals surface area contributed by atoms with E-state index in [0.29, 0.717) is 11.5 Å². The molecule has 0 radical (unpaired) electrons. The largest absolute Gasteiger partial charge is 0.373 e. The first kappa shape index (κ1) is 15.7. The van der Waals surface area contributed by atoms with Crippen molar-refractivity contribution in [2.45, 2.75) is 71.9 Å². The lowest BCUT2D eigenvalue weighted by Crippen LogP contribution is -2.55. The molecule has 1 fully saturated rings. The number of ether oxygens (including phenoxy) is 1. The van der Waals surface area contributed by atoms with Crippen LogP contribution < -0.4 is 5.32 Å². The van der Waals surface area contributed by atoms with Crippen LogP contribution in [0.3, 0.4) is 0 Å². The van der Waals surface area contributed by atoms with Crippen LogP contribution in [0.4, 0.5) is 0 Å². The minimum atomic E-state index is -0.0356. The number of likely N-dealkylation sites (N-methyl/N-ethyl adjacent to an activating group) is 1. The Morgan fingerprint density at radius 2 is 1.78 bits per heavy atom. The van der Waals surface area contributed by atoms with Gasteiger partial charge in [-0.2, -0.15) is 0 Å². The van der Waals surface area contributed by atoms with Crippen molar-refractivity contribution in [3.8, 4) is 0 Å². The molecule has 1 aliphatic carbocycles. The Hall–Kier alpha value is -0.340. The predicted molar refractivity (Wildman–Crippen MR) is 78.9 cm³/mol. The summed E-state index contributed by atoms with van der Waals surface area (Å²) in [4.78, 5) is 0. The lowest BCUT2D eigenvalue weighted by atomic mass is 9.67. The summed E-state index contributed by atoms with van der Waals surface area (Å²) in [5.74, 6) is 0. The molecule has 2 nitrogen and oxygen atoms in total. The molecule has 0 saturated heterocycles. The molecule has 0 heterocycles. The van der Waals surface area contributed by atoms with E-state index in [1.54, 1.807) is 0 Å². The van der Waals surface area contributed by atoms with Gasteiger partial charge in [0.15, 0.2) is 0 Å². The predicted octanol–water partition coefficient (Wildman–Crippen LogP) is 3.92. The van der Waals surface area contributed by atoms with Gasteiger partial charge >= 0.3 is 0 Å². The van der Waals surface area contributed by atoms with Crippen LogP contribution in [0.25, 0.3) is 0 Å². The van der Waals surface area contributed by atoms with Gasteiger partial charge in [-0.15, -0.1) is 0 Å². The van der Waals surface area contributed by atoms with Gasteiger partial charge in [0.25, 0.3) is 0 Å². The summed E-state index contributed by atoms with van der Waals surface area (Å²) >= 11 is 0.